The van der Waals surface area contributed by atoms with Gasteiger partial charge in [0, 0.05) is 35.0 Å². The van der Waals surface area contributed by atoms with E-state index < -0.39 is 24.2 Å². The van der Waals surface area contributed by atoms with Crippen molar-refractivity contribution in [3.05, 3.63) is 58.6 Å². The molecule has 33 heavy (non-hydrogen) atoms. The second-order valence-corrected chi connectivity index (χ2v) is 7.87. The maximum absolute atomic E-state index is 12.7. The number of hydroxylamine groups is 1. The highest BCUT2D eigenvalue weighted by molar-refractivity contribution is 9.10. The van der Waals surface area contributed by atoms with Crippen molar-refractivity contribution in [3.8, 4) is 17.2 Å². The summed E-state index contributed by atoms with van der Waals surface area (Å²) in [5.74, 6) is 0.344. The van der Waals surface area contributed by atoms with Crippen LogP contribution in [0.2, 0.25) is 0 Å². The van der Waals surface area contributed by atoms with Crippen LogP contribution in [0.3, 0.4) is 0 Å². The summed E-state index contributed by atoms with van der Waals surface area (Å²) in [6.45, 7) is 0.109. The summed E-state index contributed by atoms with van der Waals surface area (Å²) in [6.07, 6.45) is 1.05. The number of carbonyl (C=O) groups excluding carboxylic acids is 2. The molecular weight excluding hydrogens is 500 g/mol. The zero-order valence-corrected chi connectivity index (χ0v) is 19.2. The molecular formula is C22H23BrN2O8. The number of ether oxygens (including phenoxy) is 4. The molecule has 2 atom stereocenters. The maximum Gasteiger partial charge on any atom is 0.412 e. The standard InChI is InChI=1S/C22H23BrN2O8/c1-30-18(4-2-3-5-20(27)25-29)21(15-10-13(23)6-8-16(15)26)33-22(28)24-14-7-9-17-19(11-14)32-12-31-17/h3,5-11,18,21,26,29H,2,4,12H2,1H3,(H,24,28)(H,25,27)/b5-3+/t18-,21-/m0/s1. The number of hydrogen-bond donors (Lipinski definition) is 4. The van der Waals surface area contributed by atoms with Gasteiger partial charge in [-0.05, 0) is 43.2 Å². The van der Waals surface area contributed by atoms with Gasteiger partial charge in [0.15, 0.2) is 17.6 Å². The predicted octanol–water partition coefficient (Wildman–Crippen LogP) is 4.03. The second-order valence-electron chi connectivity index (χ2n) is 6.95. The molecule has 4 N–H and O–H groups in total. The van der Waals surface area contributed by atoms with E-state index >= 15 is 0 Å². The molecule has 0 bridgehead atoms. The van der Waals surface area contributed by atoms with Crippen LogP contribution in [-0.4, -0.2) is 42.3 Å². The molecule has 0 fully saturated rings. The fourth-order valence-electron chi connectivity index (χ4n) is 3.21. The number of aromatic hydroxyl groups is 1. The number of fused-ring (bicyclic) bond motifs is 1. The minimum absolute atomic E-state index is 0.0728. The smallest absolute Gasteiger partial charge is 0.412 e. The lowest BCUT2D eigenvalue weighted by Gasteiger charge is -2.27. The molecule has 1 aliphatic rings. The average Bonchev–Trinajstić information content (AvgIpc) is 3.27. The number of anilines is 1. The van der Waals surface area contributed by atoms with Gasteiger partial charge in [0.05, 0.1) is 6.10 Å². The average molecular weight is 523 g/mol. The lowest BCUT2D eigenvalue weighted by atomic mass is 9.99. The van der Waals surface area contributed by atoms with Crippen molar-refractivity contribution < 1.29 is 38.9 Å². The highest BCUT2D eigenvalue weighted by Gasteiger charge is 2.29. The first-order valence-electron chi connectivity index (χ1n) is 9.90. The predicted molar refractivity (Wildman–Crippen MR) is 120 cm³/mol. The van der Waals surface area contributed by atoms with Crippen molar-refractivity contribution in [1.82, 2.24) is 5.48 Å². The number of methoxy groups -OCH3 is 1. The third-order valence-corrected chi connectivity index (χ3v) is 5.28. The topological polar surface area (TPSA) is 136 Å². The van der Waals surface area contributed by atoms with Crippen molar-refractivity contribution in [2.45, 2.75) is 25.0 Å². The first-order chi connectivity index (χ1) is 15.9. The third kappa shape index (κ3) is 6.60. The van der Waals surface area contributed by atoms with Gasteiger partial charge in [-0.2, -0.15) is 0 Å². The Morgan fingerprint density at radius 1 is 1.21 bits per heavy atom. The minimum Gasteiger partial charge on any atom is -0.508 e. The molecule has 0 aromatic heterocycles. The molecule has 11 heteroatoms. The van der Waals surface area contributed by atoms with E-state index in [0.29, 0.717) is 40.1 Å². The maximum atomic E-state index is 12.7. The molecule has 176 valence electrons. The summed E-state index contributed by atoms with van der Waals surface area (Å²) in [7, 11) is 1.45. The molecule has 0 spiro atoms. The van der Waals surface area contributed by atoms with Gasteiger partial charge >= 0.3 is 6.09 Å². The quantitative estimate of drug-likeness (QED) is 0.220. The Morgan fingerprint density at radius 2 is 2.00 bits per heavy atom. The van der Waals surface area contributed by atoms with Gasteiger partial charge < -0.3 is 24.1 Å². The molecule has 1 heterocycles. The number of amides is 2. The van der Waals surface area contributed by atoms with Crippen molar-refractivity contribution in [2.24, 2.45) is 0 Å². The van der Waals surface area contributed by atoms with Crippen LogP contribution in [0.25, 0.3) is 0 Å². The third-order valence-electron chi connectivity index (χ3n) is 4.79. The van der Waals surface area contributed by atoms with Crippen molar-refractivity contribution >= 4 is 33.6 Å². The van der Waals surface area contributed by atoms with E-state index in [1.165, 1.54) is 24.7 Å². The largest absolute Gasteiger partial charge is 0.508 e. The van der Waals surface area contributed by atoms with E-state index in [4.69, 9.17) is 24.2 Å². The Balaban J connectivity index is 1.77. The van der Waals surface area contributed by atoms with Gasteiger partial charge in [0.2, 0.25) is 6.79 Å². The minimum atomic E-state index is -0.971. The number of rotatable bonds is 9. The first-order valence-corrected chi connectivity index (χ1v) is 10.7. The van der Waals surface area contributed by atoms with Crippen molar-refractivity contribution in [3.63, 3.8) is 0 Å². The van der Waals surface area contributed by atoms with Crippen LogP contribution in [-0.2, 0) is 14.3 Å². The fourth-order valence-corrected chi connectivity index (χ4v) is 3.59. The molecule has 1 aliphatic heterocycles. The number of nitrogens with one attached hydrogen (secondary N) is 2. The SMILES string of the molecule is CO[C@@H](CC/C=C/C(=O)NO)[C@@H](OC(=O)Nc1ccc2c(c1)OCO2)c1cc(Br)ccc1O. The number of hydrogen-bond acceptors (Lipinski definition) is 8. The molecule has 10 nitrogen and oxygen atoms in total. The highest BCUT2D eigenvalue weighted by atomic mass is 79.9. The van der Waals surface area contributed by atoms with E-state index in [0.717, 1.165) is 0 Å². The number of phenolic OH excluding ortho intramolecular Hbond substituents is 1. The molecule has 0 saturated heterocycles. The Labute approximate surface area is 198 Å². The summed E-state index contributed by atoms with van der Waals surface area (Å²) < 4.78 is 22.5. The molecule has 3 rings (SSSR count). The Kier molecular flexibility index (Phi) is 8.52. The first kappa shape index (κ1) is 24.4. The summed E-state index contributed by atoms with van der Waals surface area (Å²) in [4.78, 5) is 23.9. The van der Waals surface area contributed by atoms with E-state index in [9.17, 15) is 14.7 Å². The molecule has 2 aromatic rings. The van der Waals surface area contributed by atoms with Crippen LogP contribution >= 0.6 is 15.9 Å². The van der Waals surface area contributed by atoms with E-state index in [-0.39, 0.29) is 12.5 Å². The summed E-state index contributed by atoms with van der Waals surface area (Å²) in [5, 5.41) is 21.6. The number of carbonyl (C=O) groups is 2. The van der Waals surface area contributed by atoms with Crippen LogP contribution < -0.4 is 20.3 Å². The zero-order chi connectivity index (χ0) is 23.8. The summed E-state index contributed by atoms with van der Waals surface area (Å²) in [6, 6.07) is 9.69. The molecule has 0 radical (unpaired) electrons. The van der Waals surface area contributed by atoms with Crippen LogP contribution in [0.5, 0.6) is 17.2 Å². The molecule has 0 aliphatic carbocycles. The Hall–Kier alpha value is -3.28. The van der Waals surface area contributed by atoms with Gasteiger partial charge in [-0.3, -0.25) is 15.3 Å². The Bertz CT molecular complexity index is 1030. The van der Waals surface area contributed by atoms with E-state index in [1.807, 2.05) is 0 Å². The summed E-state index contributed by atoms with van der Waals surface area (Å²) in [5.41, 5.74) is 2.28. The van der Waals surface area contributed by atoms with Gasteiger partial charge in [-0.25, -0.2) is 10.3 Å². The van der Waals surface area contributed by atoms with E-state index in [1.54, 1.807) is 36.4 Å². The second kappa shape index (κ2) is 11.5. The van der Waals surface area contributed by atoms with Crippen LogP contribution in [0.15, 0.2) is 53.0 Å². The van der Waals surface area contributed by atoms with Crippen molar-refractivity contribution in [2.75, 3.05) is 19.2 Å². The van der Waals surface area contributed by atoms with Gasteiger partial charge in [0.25, 0.3) is 5.91 Å². The number of benzene rings is 2. The van der Waals surface area contributed by atoms with Crippen LogP contribution in [0, 0.1) is 0 Å². The lowest BCUT2D eigenvalue weighted by molar-refractivity contribution is -0.124. The van der Waals surface area contributed by atoms with Crippen LogP contribution in [0.4, 0.5) is 10.5 Å². The molecule has 0 saturated carbocycles. The van der Waals surface area contributed by atoms with Crippen LogP contribution in [0.1, 0.15) is 24.5 Å². The number of allylic oxidation sites excluding steroid dienone is 1. The normalized spacial score (nSPS) is 14.0. The number of phenols is 1. The van der Waals surface area contributed by atoms with E-state index in [2.05, 4.69) is 21.2 Å². The monoisotopic (exact) mass is 522 g/mol. The highest BCUT2D eigenvalue weighted by Crippen LogP contribution is 2.36. The van der Waals surface area contributed by atoms with Gasteiger partial charge in [0.1, 0.15) is 5.75 Å². The molecule has 0 unspecified atom stereocenters. The lowest BCUT2D eigenvalue weighted by Crippen LogP contribution is -2.28. The molecule has 2 aromatic carbocycles. The van der Waals surface area contributed by atoms with Gasteiger partial charge in [-0.15, -0.1) is 0 Å². The number of halogens is 1. The summed E-state index contributed by atoms with van der Waals surface area (Å²) >= 11 is 3.36. The van der Waals surface area contributed by atoms with Gasteiger partial charge in [-0.1, -0.05) is 22.0 Å². The molecule has 2 amide bonds. The Morgan fingerprint density at radius 3 is 2.76 bits per heavy atom. The van der Waals surface area contributed by atoms with Crippen molar-refractivity contribution in [1.29, 1.82) is 0 Å². The zero-order valence-electron chi connectivity index (χ0n) is 17.6. The fraction of sp³-hybridized carbons (Fsp3) is 0.273.